The Kier molecular flexibility index (Phi) is 6.46. The molecule has 3 aliphatic carbocycles. The second kappa shape index (κ2) is 9.83. The number of benzene rings is 2. The van der Waals surface area contributed by atoms with Gasteiger partial charge in [0.15, 0.2) is 11.5 Å². The van der Waals surface area contributed by atoms with E-state index in [4.69, 9.17) is 4.74 Å². The number of aliphatic hydroxyl groups is 1. The Balaban J connectivity index is 1.23. The van der Waals surface area contributed by atoms with Crippen molar-refractivity contribution in [3.05, 3.63) is 63.2 Å². The number of ether oxygens (including phenoxy) is 2. The average Bonchev–Trinajstić information content (AvgIpc) is 3.70. The second-order valence-corrected chi connectivity index (χ2v) is 12.7. The molecular formula is C31H32F3N3O7. The van der Waals surface area contributed by atoms with Crippen molar-refractivity contribution in [2.24, 2.45) is 5.92 Å². The fourth-order valence-electron chi connectivity index (χ4n) is 8.35. The summed E-state index contributed by atoms with van der Waals surface area (Å²) in [5, 5.41) is 35.8. The van der Waals surface area contributed by atoms with Crippen molar-refractivity contribution < 1.29 is 42.6 Å². The zero-order chi connectivity index (χ0) is 31.2. The number of phenols is 1. The molecule has 5 aliphatic rings. The molecule has 2 saturated carbocycles. The minimum absolute atomic E-state index is 0.132. The molecule has 2 aliphatic heterocycles. The van der Waals surface area contributed by atoms with Crippen LogP contribution in [-0.4, -0.2) is 81.1 Å². The third-order valence-corrected chi connectivity index (χ3v) is 10.4. The monoisotopic (exact) mass is 615 g/mol. The summed E-state index contributed by atoms with van der Waals surface area (Å²) < 4.78 is 48.4. The fraction of sp³-hybridized carbons (Fsp3) is 0.516. The van der Waals surface area contributed by atoms with E-state index in [1.807, 2.05) is 0 Å². The van der Waals surface area contributed by atoms with Crippen molar-refractivity contribution >= 4 is 17.7 Å². The first-order valence-corrected chi connectivity index (χ1v) is 14.8. The van der Waals surface area contributed by atoms with Gasteiger partial charge in [-0.3, -0.25) is 19.8 Å². The molecule has 2 aromatic rings. The Bertz CT molecular complexity index is 1580. The number of carbonyl (C=O) groups is 1. The van der Waals surface area contributed by atoms with E-state index in [1.54, 1.807) is 7.05 Å². The molecule has 3 fully saturated rings. The molecule has 0 aromatic heterocycles. The van der Waals surface area contributed by atoms with E-state index in [2.05, 4.69) is 9.64 Å². The number of phenolic OH excluding ortho intramolecular Hbond substituents is 1. The first-order valence-electron chi connectivity index (χ1n) is 14.8. The number of amides is 1. The highest BCUT2D eigenvalue weighted by Crippen LogP contribution is 2.67. The number of hydrogen-bond acceptors (Lipinski definition) is 8. The predicted octanol–water partition coefficient (Wildman–Crippen LogP) is 4.30. The summed E-state index contributed by atoms with van der Waals surface area (Å²) in [6.07, 6.45) is 0.674. The summed E-state index contributed by atoms with van der Waals surface area (Å²) in [6, 6.07) is 5.45. The molecule has 7 rings (SSSR count). The van der Waals surface area contributed by atoms with Crippen molar-refractivity contribution in [3.63, 3.8) is 0 Å². The highest BCUT2D eigenvalue weighted by Gasteiger charge is 2.74. The topological polar surface area (TPSA) is 126 Å². The predicted molar refractivity (Wildman–Crippen MR) is 150 cm³/mol. The maximum Gasteiger partial charge on any atom is 0.573 e. The van der Waals surface area contributed by atoms with Crippen LogP contribution in [0, 0.1) is 16.0 Å². The molecule has 1 saturated heterocycles. The molecular weight excluding hydrogens is 583 g/mol. The molecule has 44 heavy (non-hydrogen) atoms. The van der Waals surface area contributed by atoms with Gasteiger partial charge in [-0.05, 0) is 74.8 Å². The number of likely N-dealkylation sites (N-methyl/N-ethyl adjacent to an activating group) is 1. The van der Waals surface area contributed by atoms with Crippen LogP contribution < -0.4 is 9.47 Å². The molecule has 1 spiro atoms. The molecule has 13 heteroatoms. The van der Waals surface area contributed by atoms with Crippen molar-refractivity contribution in [3.8, 4) is 17.2 Å². The van der Waals surface area contributed by atoms with Crippen LogP contribution in [0.3, 0.4) is 0 Å². The van der Waals surface area contributed by atoms with Gasteiger partial charge in [0, 0.05) is 36.8 Å². The minimum Gasteiger partial charge on any atom is -0.504 e. The van der Waals surface area contributed by atoms with E-state index in [-0.39, 0.29) is 29.6 Å². The van der Waals surface area contributed by atoms with Crippen LogP contribution >= 0.6 is 0 Å². The summed E-state index contributed by atoms with van der Waals surface area (Å²) >= 11 is 0. The highest BCUT2D eigenvalue weighted by molar-refractivity contribution is 5.92. The van der Waals surface area contributed by atoms with Gasteiger partial charge in [-0.1, -0.05) is 12.1 Å². The molecule has 0 radical (unpaired) electrons. The molecule has 1 amide bonds. The lowest BCUT2D eigenvalue weighted by molar-refractivity contribution is -0.386. The van der Waals surface area contributed by atoms with Gasteiger partial charge in [0.1, 0.15) is 11.9 Å². The van der Waals surface area contributed by atoms with Gasteiger partial charge >= 0.3 is 6.36 Å². The number of hydrogen-bond donors (Lipinski definition) is 2. The van der Waals surface area contributed by atoms with E-state index in [0.29, 0.717) is 48.4 Å². The Labute approximate surface area is 250 Å². The molecule has 2 aromatic carbocycles. The quantitative estimate of drug-likeness (QED) is 0.268. The van der Waals surface area contributed by atoms with Crippen LogP contribution in [0.25, 0.3) is 6.08 Å². The fourth-order valence-corrected chi connectivity index (χ4v) is 8.35. The van der Waals surface area contributed by atoms with E-state index >= 15 is 0 Å². The molecule has 2 bridgehead atoms. The SMILES string of the molecule is CN(C(=O)C=Cc1cccc(OC(F)(F)F)c1)[C@@H]1CC[C@@]2(O)[C@H]3Cc4c([N+](=O)[O-])cc(O)c5c4[C@@]2(CCN3CC2CC2)[C@H]1O5. The van der Waals surface area contributed by atoms with Crippen molar-refractivity contribution in [1.82, 2.24) is 9.80 Å². The number of nitrogens with zero attached hydrogens (tertiary/aromatic N) is 3. The number of nitro benzene ring substituents is 1. The smallest absolute Gasteiger partial charge is 0.504 e. The summed E-state index contributed by atoms with van der Waals surface area (Å²) in [4.78, 5) is 28.9. The number of piperidine rings is 1. The Hall–Kier alpha value is -3.84. The molecule has 2 heterocycles. The van der Waals surface area contributed by atoms with Gasteiger partial charge in [0.05, 0.1) is 28.0 Å². The summed E-state index contributed by atoms with van der Waals surface area (Å²) in [7, 11) is 1.60. The lowest BCUT2D eigenvalue weighted by atomic mass is 9.48. The zero-order valence-electron chi connectivity index (χ0n) is 23.9. The molecule has 2 N–H and O–H groups in total. The summed E-state index contributed by atoms with van der Waals surface area (Å²) in [5.41, 5.74) is -1.28. The standard InChI is InChI=1S/C31H32F3N3O7/c1-35(25(39)8-7-17-3-2-4-19(13-17)44-31(32,33)34)21-9-10-30(40)24-14-20-22(37(41)42)15-23(38)27-26(20)29(30,28(21)43-27)11-12-36(24)16-18-5-6-18/h2-4,7-8,13,15,18,21,24,28,38,40H,5-6,9-12,14,16H2,1H3/t21-,24-,28+,29+,30-/m1/s1. The van der Waals surface area contributed by atoms with E-state index in [0.717, 1.165) is 31.5 Å². The van der Waals surface area contributed by atoms with Crippen LogP contribution in [-0.2, 0) is 16.6 Å². The van der Waals surface area contributed by atoms with E-state index in [9.17, 15) is 38.3 Å². The van der Waals surface area contributed by atoms with Gasteiger partial charge in [-0.2, -0.15) is 0 Å². The maximum absolute atomic E-state index is 13.5. The van der Waals surface area contributed by atoms with Crippen LogP contribution in [0.4, 0.5) is 18.9 Å². The summed E-state index contributed by atoms with van der Waals surface area (Å²) in [5.74, 6) is -0.537. The lowest BCUT2D eigenvalue weighted by Crippen LogP contribution is -2.78. The van der Waals surface area contributed by atoms with Gasteiger partial charge in [0.25, 0.3) is 5.69 Å². The van der Waals surface area contributed by atoms with E-state index in [1.165, 1.54) is 35.3 Å². The molecule has 0 unspecified atom stereocenters. The van der Waals surface area contributed by atoms with Crippen molar-refractivity contribution in [1.29, 1.82) is 0 Å². The molecule has 5 atom stereocenters. The average molecular weight is 616 g/mol. The Morgan fingerprint density at radius 2 is 2.05 bits per heavy atom. The number of alkyl halides is 3. The van der Waals surface area contributed by atoms with Crippen LogP contribution in [0.2, 0.25) is 0 Å². The van der Waals surface area contributed by atoms with Gasteiger partial charge < -0.3 is 24.6 Å². The lowest BCUT2D eigenvalue weighted by Gasteiger charge is -2.64. The maximum atomic E-state index is 13.5. The number of halogens is 3. The number of nitro groups is 1. The van der Waals surface area contributed by atoms with Crippen molar-refractivity contribution in [2.45, 2.75) is 74.1 Å². The highest BCUT2D eigenvalue weighted by atomic mass is 19.4. The third-order valence-electron chi connectivity index (χ3n) is 10.4. The number of likely N-dealkylation sites (tertiary alicyclic amines) is 1. The Morgan fingerprint density at radius 1 is 1.27 bits per heavy atom. The van der Waals surface area contributed by atoms with Crippen molar-refractivity contribution in [2.75, 3.05) is 20.1 Å². The second-order valence-electron chi connectivity index (χ2n) is 12.7. The first kappa shape index (κ1) is 28.9. The first-order chi connectivity index (χ1) is 20.8. The normalized spacial score (nSPS) is 30.5. The van der Waals surface area contributed by atoms with Crippen LogP contribution in [0.1, 0.15) is 48.8 Å². The minimum atomic E-state index is -4.85. The number of aromatic hydroxyl groups is 1. The largest absolute Gasteiger partial charge is 0.573 e. The zero-order valence-corrected chi connectivity index (χ0v) is 23.9. The molecule has 234 valence electrons. The van der Waals surface area contributed by atoms with E-state index < -0.39 is 46.1 Å². The van der Waals surface area contributed by atoms with Crippen LogP contribution in [0.5, 0.6) is 17.2 Å². The van der Waals surface area contributed by atoms with Gasteiger partial charge in [-0.25, -0.2) is 0 Å². The summed E-state index contributed by atoms with van der Waals surface area (Å²) in [6.45, 7) is 1.46. The van der Waals surface area contributed by atoms with Crippen LogP contribution in [0.15, 0.2) is 36.4 Å². The van der Waals surface area contributed by atoms with Gasteiger partial charge in [0.2, 0.25) is 5.91 Å². The number of carbonyl (C=O) groups excluding carboxylic acids is 1. The Morgan fingerprint density at radius 3 is 2.75 bits per heavy atom. The van der Waals surface area contributed by atoms with Gasteiger partial charge in [-0.15, -0.1) is 13.2 Å². The molecule has 10 nitrogen and oxygen atoms in total. The third kappa shape index (κ3) is 4.34. The number of rotatable bonds is 7.